The van der Waals surface area contributed by atoms with Gasteiger partial charge in [-0.25, -0.2) is 19.9 Å². The molecule has 2 aromatic heterocycles. The van der Waals surface area contributed by atoms with Crippen molar-refractivity contribution in [3.05, 3.63) is 41.9 Å². The highest BCUT2D eigenvalue weighted by Gasteiger charge is 1.97. The summed E-state index contributed by atoms with van der Waals surface area (Å²) in [6.07, 6.45) is 3.30. The molecule has 0 spiro atoms. The lowest BCUT2D eigenvalue weighted by Gasteiger charge is -2.05. The number of hydrogen-bond acceptors (Lipinski definition) is 5. The van der Waals surface area contributed by atoms with E-state index in [1.807, 2.05) is 26.0 Å². The third-order valence-electron chi connectivity index (χ3n) is 2.09. The Morgan fingerprint density at radius 2 is 2.06 bits per heavy atom. The van der Waals surface area contributed by atoms with Crippen molar-refractivity contribution in [1.29, 1.82) is 0 Å². The minimum absolute atomic E-state index is 0.639. The molecule has 5 heteroatoms. The number of anilines is 1. The maximum Gasteiger partial charge on any atom is 0.129 e. The Morgan fingerprint density at radius 3 is 2.81 bits per heavy atom. The number of nitrogens with zero attached hydrogens (tertiary/aromatic N) is 4. The van der Waals surface area contributed by atoms with Crippen LogP contribution in [0.4, 0.5) is 5.82 Å². The molecule has 1 N–H and O–H groups in total. The number of aromatic nitrogens is 4. The molecule has 0 bridgehead atoms. The Kier molecular flexibility index (Phi) is 3.05. The zero-order valence-corrected chi connectivity index (χ0v) is 9.31. The smallest absolute Gasteiger partial charge is 0.129 e. The van der Waals surface area contributed by atoms with Crippen molar-refractivity contribution < 1.29 is 0 Å². The van der Waals surface area contributed by atoms with Crippen LogP contribution in [0.15, 0.2) is 24.7 Å². The van der Waals surface area contributed by atoms with E-state index in [9.17, 15) is 0 Å². The van der Waals surface area contributed by atoms with E-state index in [-0.39, 0.29) is 0 Å². The Morgan fingerprint density at radius 1 is 1.19 bits per heavy atom. The second kappa shape index (κ2) is 4.65. The first kappa shape index (κ1) is 10.5. The van der Waals surface area contributed by atoms with Gasteiger partial charge in [-0.2, -0.15) is 0 Å². The maximum absolute atomic E-state index is 4.29. The van der Waals surface area contributed by atoms with Crippen LogP contribution in [-0.4, -0.2) is 19.9 Å². The Labute approximate surface area is 94.0 Å². The van der Waals surface area contributed by atoms with Gasteiger partial charge in [0.1, 0.15) is 18.0 Å². The lowest BCUT2D eigenvalue weighted by molar-refractivity contribution is 0.945. The van der Waals surface area contributed by atoms with Crippen LogP contribution in [0.2, 0.25) is 0 Å². The number of aryl methyl sites for hydroxylation is 2. The Hall–Kier alpha value is -2.04. The van der Waals surface area contributed by atoms with Gasteiger partial charge >= 0.3 is 0 Å². The first-order chi connectivity index (χ1) is 7.74. The van der Waals surface area contributed by atoms with Crippen molar-refractivity contribution in [2.75, 3.05) is 5.32 Å². The third-order valence-corrected chi connectivity index (χ3v) is 2.09. The largest absolute Gasteiger partial charge is 0.364 e. The summed E-state index contributed by atoms with van der Waals surface area (Å²) in [7, 11) is 0. The SMILES string of the molecule is Cc1cc(NCc2ccnc(C)n2)ncn1. The molecule has 0 unspecified atom stereocenters. The van der Waals surface area contributed by atoms with Gasteiger partial charge in [-0.3, -0.25) is 0 Å². The predicted molar refractivity (Wildman–Crippen MR) is 60.9 cm³/mol. The zero-order valence-electron chi connectivity index (χ0n) is 9.31. The van der Waals surface area contributed by atoms with Crippen LogP contribution < -0.4 is 5.32 Å². The van der Waals surface area contributed by atoms with Crippen molar-refractivity contribution in [3.63, 3.8) is 0 Å². The van der Waals surface area contributed by atoms with Crippen LogP contribution in [-0.2, 0) is 6.54 Å². The summed E-state index contributed by atoms with van der Waals surface area (Å²) in [5.74, 6) is 1.59. The summed E-state index contributed by atoms with van der Waals surface area (Å²) in [6, 6.07) is 3.78. The predicted octanol–water partition coefficient (Wildman–Crippen LogP) is 1.50. The molecule has 0 fully saturated rings. The fourth-order valence-electron chi connectivity index (χ4n) is 1.34. The van der Waals surface area contributed by atoms with Gasteiger partial charge < -0.3 is 5.32 Å². The molecule has 5 nitrogen and oxygen atoms in total. The molecule has 0 aromatic carbocycles. The molecule has 0 amide bonds. The van der Waals surface area contributed by atoms with Crippen LogP contribution in [0.25, 0.3) is 0 Å². The first-order valence-electron chi connectivity index (χ1n) is 5.05. The van der Waals surface area contributed by atoms with Gasteiger partial charge in [0.25, 0.3) is 0 Å². The molecule has 0 saturated heterocycles. The van der Waals surface area contributed by atoms with Gasteiger partial charge in [0.05, 0.1) is 12.2 Å². The maximum atomic E-state index is 4.29. The summed E-state index contributed by atoms with van der Waals surface area (Å²) in [5.41, 5.74) is 1.89. The van der Waals surface area contributed by atoms with Crippen molar-refractivity contribution in [2.45, 2.75) is 20.4 Å². The van der Waals surface area contributed by atoms with E-state index in [1.165, 1.54) is 0 Å². The van der Waals surface area contributed by atoms with E-state index in [2.05, 4.69) is 25.3 Å². The molecule has 0 atom stereocenters. The van der Waals surface area contributed by atoms with Crippen LogP contribution in [0.3, 0.4) is 0 Å². The minimum Gasteiger partial charge on any atom is -0.364 e. The van der Waals surface area contributed by atoms with Gasteiger partial charge in [0.15, 0.2) is 0 Å². The van der Waals surface area contributed by atoms with Gasteiger partial charge in [0.2, 0.25) is 0 Å². The molecule has 0 saturated carbocycles. The Bertz CT molecular complexity index is 438. The van der Waals surface area contributed by atoms with Crippen LogP contribution in [0, 0.1) is 13.8 Å². The zero-order chi connectivity index (χ0) is 11.4. The van der Waals surface area contributed by atoms with Gasteiger partial charge in [-0.15, -0.1) is 0 Å². The number of rotatable bonds is 3. The first-order valence-corrected chi connectivity index (χ1v) is 5.05. The lowest BCUT2D eigenvalue weighted by Crippen LogP contribution is -2.04. The van der Waals surface area contributed by atoms with Crippen molar-refractivity contribution in [3.8, 4) is 0 Å². The molecular formula is C11H13N5. The molecule has 82 valence electrons. The number of nitrogens with one attached hydrogen (secondary N) is 1. The molecule has 2 aromatic rings. The highest BCUT2D eigenvalue weighted by molar-refractivity contribution is 5.34. The third kappa shape index (κ3) is 2.73. The second-order valence-corrected chi connectivity index (χ2v) is 3.49. The van der Waals surface area contributed by atoms with Crippen molar-refractivity contribution in [1.82, 2.24) is 19.9 Å². The highest BCUT2D eigenvalue weighted by Crippen LogP contribution is 2.04. The lowest BCUT2D eigenvalue weighted by atomic mass is 10.3. The molecule has 0 radical (unpaired) electrons. The van der Waals surface area contributed by atoms with Gasteiger partial charge in [-0.1, -0.05) is 0 Å². The van der Waals surface area contributed by atoms with E-state index in [0.717, 1.165) is 23.0 Å². The van der Waals surface area contributed by atoms with E-state index in [0.29, 0.717) is 6.54 Å². The summed E-state index contributed by atoms with van der Waals surface area (Å²) in [5, 5.41) is 3.19. The summed E-state index contributed by atoms with van der Waals surface area (Å²) in [4.78, 5) is 16.5. The van der Waals surface area contributed by atoms with Crippen LogP contribution in [0.5, 0.6) is 0 Å². The average molecular weight is 215 g/mol. The molecule has 0 aliphatic heterocycles. The van der Waals surface area contributed by atoms with E-state index < -0.39 is 0 Å². The number of hydrogen-bond donors (Lipinski definition) is 1. The van der Waals surface area contributed by atoms with E-state index >= 15 is 0 Å². The fraction of sp³-hybridized carbons (Fsp3) is 0.273. The highest BCUT2D eigenvalue weighted by atomic mass is 15.0. The van der Waals surface area contributed by atoms with E-state index in [4.69, 9.17) is 0 Å². The van der Waals surface area contributed by atoms with Gasteiger partial charge in [0, 0.05) is 18.0 Å². The quantitative estimate of drug-likeness (QED) is 0.840. The molecule has 2 heterocycles. The minimum atomic E-state index is 0.639. The summed E-state index contributed by atoms with van der Waals surface area (Å²) < 4.78 is 0. The van der Waals surface area contributed by atoms with Gasteiger partial charge in [-0.05, 0) is 19.9 Å². The molecule has 0 aliphatic rings. The Balaban J connectivity index is 2.02. The van der Waals surface area contributed by atoms with E-state index in [1.54, 1.807) is 12.5 Å². The molecule has 0 aliphatic carbocycles. The second-order valence-electron chi connectivity index (χ2n) is 3.49. The molecular weight excluding hydrogens is 202 g/mol. The summed E-state index contributed by atoms with van der Waals surface area (Å²) >= 11 is 0. The van der Waals surface area contributed by atoms with Crippen molar-refractivity contribution >= 4 is 5.82 Å². The van der Waals surface area contributed by atoms with Crippen LogP contribution in [0.1, 0.15) is 17.2 Å². The average Bonchev–Trinajstić information content (AvgIpc) is 2.27. The fourth-order valence-corrected chi connectivity index (χ4v) is 1.34. The summed E-state index contributed by atoms with van der Waals surface area (Å²) in [6.45, 7) is 4.44. The normalized spacial score (nSPS) is 10.1. The standard InChI is InChI=1S/C11H13N5/c1-8-5-11(15-7-14-8)13-6-10-3-4-12-9(2)16-10/h3-5,7H,6H2,1-2H3,(H,13,14,15). The molecule has 2 rings (SSSR count). The van der Waals surface area contributed by atoms with Crippen molar-refractivity contribution in [2.24, 2.45) is 0 Å². The monoisotopic (exact) mass is 215 g/mol. The topological polar surface area (TPSA) is 63.6 Å². The molecule has 16 heavy (non-hydrogen) atoms. The van der Waals surface area contributed by atoms with Crippen LogP contribution >= 0.6 is 0 Å².